The zero-order valence-electron chi connectivity index (χ0n) is 12.0. The van der Waals surface area contributed by atoms with Crippen molar-refractivity contribution < 1.29 is 4.92 Å². The fraction of sp³-hybridized carbons (Fsp3) is 0.0588. The Hall–Kier alpha value is -2.60. The van der Waals surface area contributed by atoms with Crippen LogP contribution in [0.1, 0.15) is 5.69 Å². The highest BCUT2D eigenvalue weighted by Gasteiger charge is 2.07. The van der Waals surface area contributed by atoms with Crippen LogP contribution in [0.15, 0.2) is 60.8 Å². The monoisotopic (exact) mass is 369 g/mol. The number of non-ortho nitro benzene ring substituents is 1. The number of benzene rings is 1. The van der Waals surface area contributed by atoms with E-state index in [9.17, 15) is 10.1 Å². The zero-order chi connectivity index (χ0) is 16.2. The second-order valence-corrected chi connectivity index (χ2v) is 5.44. The number of pyridine rings is 2. The third-order valence-corrected chi connectivity index (χ3v) is 3.96. The minimum Gasteiger partial charge on any atom is -0.258 e. The average Bonchev–Trinajstić information content (AvgIpc) is 2.62. The molecule has 1 aromatic carbocycles. The van der Waals surface area contributed by atoms with Gasteiger partial charge in [-0.2, -0.15) is 0 Å². The van der Waals surface area contributed by atoms with E-state index in [0.717, 1.165) is 28.2 Å². The van der Waals surface area contributed by atoms with Crippen LogP contribution >= 0.6 is 15.9 Å². The number of nitrogens with zero attached hydrogens (tertiary/aromatic N) is 3. The lowest BCUT2D eigenvalue weighted by Crippen LogP contribution is -1.91. The molecule has 3 aromatic rings. The van der Waals surface area contributed by atoms with Gasteiger partial charge in [0.05, 0.1) is 22.0 Å². The van der Waals surface area contributed by atoms with Gasteiger partial charge in [0.1, 0.15) is 0 Å². The first-order valence-electron chi connectivity index (χ1n) is 6.90. The highest BCUT2D eigenvalue weighted by molar-refractivity contribution is 9.08. The van der Waals surface area contributed by atoms with E-state index in [0.29, 0.717) is 5.33 Å². The van der Waals surface area contributed by atoms with Crippen molar-refractivity contribution >= 4 is 21.6 Å². The van der Waals surface area contributed by atoms with Crippen molar-refractivity contribution in [3.63, 3.8) is 0 Å². The zero-order valence-corrected chi connectivity index (χ0v) is 13.6. The Balaban J connectivity index is 1.88. The quantitative estimate of drug-likeness (QED) is 0.382. The summed E-state index contributed by atoms with van der Waals surface area (Å²) in [6.45, 7) is 0. The van der Waals surface area contributed by atoms with Crippen molar-refractivity contribution in [2.45, 2.75) is 5.33 Å². The van der Waals surface area contributed by atoms with E-state index in [4.69, 9.17) is 0 Å². The molecular weight excluding hydrogens is 358 g/mol. The number of alkyl halides is 1. The first kappa shape index (κ1) is 15.3. The smallest absolute Gasteiger partial charge is 0.258 e. The summed E-state index contributed by atoms with van der Waals surface area (Å²) in [5, 5.41) is 11.4. The van der Waals surface area contributed by atoms with Gasteiger partial charge >= 0.3 is 0 Å². The SMILES string of the molecule is O=[N+]([O-])c1ccc(-c2ccc(-c3cccc(CBr)n3)nc2)cc1. The number of nitro benzene ring substituents is 1. The van der Waals surface area contributed by atoms with Crippen molar-refractivity contribution in [2.24, 2.45) is 0 Å². The maximum absolute atomic E-state index is 10.7. The van der Waals surface area contributed by atoms with Crippen LogP contribution in [-0.2, 0) is 5.33 Å². The van der Waals surface area contributed by atoms with E-state index in [2.05, 4.69) is 25.9 Å². The van der Waals surface area contributed by atoms with E-state index in [-0.39, 0.29) is 5.69 Å². The summed E-state index contributed by atoms with van der Waals surface area (Å²) in [7, 11) is 0. The predicted molar refractivity (Wildman–Crippen MR) is 92.2 cm³/mol. The number of aromatic nitrogens is 2. The summed E-state index contributed by atoms with van der Waals surface area (Å²) in [6, 6.07) is 16.1. The molecule has 0 radical (unpaired) electrons. The van der Waals surface area contributed by atoms with Crippen LogP contribution in [0, 0.1) is 10.1 Å². The molecule has 0 bridgehead atoms. The number of hydrogen-bond donors (Lipinski definition) is 0. The normalized spacial score (nSPS) is 10.5. The standard InChI is InChI=1S/C17H12BrN3O2/c18-10-14-2-1-3-17(20-14)16-9-6-13(11-19-16)12-4-7-15(8-5-12)21(22)23/h1-9,11H,10H2. The lowest BCUT2D eigenvalue weighted by atomic mass is 10.1. The van der Waals surface area contributed by atoms with E-state index in [1.807, 2.05) is 30.3 Å². The van der Waals surface area contributed by atoms with Gasteiger partial charge < -0.3 is 0 Å². The fourth-order valence-corrected chi connectivity index (χ4v) is 2.50. The molecule has 0 aliphatic heterocycles. The Morgan fingerprint density at radius 3 is 2.30 bits per heavy atom. The van der Waals surface area contributed by atoms with Crippen molar-refractivity contribution in [3.8, 4) is 22.5 Å². The maximum atomic E-state index is 10.7. The molecule has 6 heteroatoms. The molecule has 23 heavy (non-hydrogen) atoms. The van der Waals surface area contributed by atoms with E-state index < -0.39 is 4.92 Å². The summed E-state index contributed by atoms with van der Waals surface area (Å²) in [4.78, 5) is 19.2. The molecule has 3 rings (SSSR count). The predicted octanol–water partition coefficient (Wildman–Crippen LogP) is 4.61. The van der Waals surface area contributed by atoms with Gasteiger partial charge in [-0.15, -0.1) is 0 Å². The Kier molecular flexibility index (Phi) is 4.43. The van der Waals surface area contributed by atoms with Crippen molar-refractivity contribution in [2.75, 3.05) is 0 Å². The Labute approximate surface area is 141 Å². The second kappa shape index (κ2) is 6.66. The summed E-state index contributed by atoms with van der Waals surface area (Å²) >= 11 is 3.39. The van der Waals surface area contributed by atoms with Crippen LogP contribution in [0.5, 0.6) is 0 Å². The Morgan fingerprint density at radius 1 is 0.957 bits per heavy atom. The molecule has 0 spiro atoms. The fourth-order valence-electron chi connectivity index (χ4n) is 2.19. The first-order valence-corrected chi connectivity index (χ1v) is 8.02. The van der Waals surface area contributed by atoms with Gasteiger partial charge in [-0.05, 0) is 35.9 Å². The van der Waals surface area contributed by atoms with Gasteiger partial charge in [0.15, 0.2) is 0 Å². The van der Waals surface area contributed by atoms with Crippen LogP contribution in [-0.4, -0.2) is 14.9 Å². The average molecular weight is 370 g/mol. The van der Waals surface area contributed by atoms with Crippen LogP contribution in [0.2, 0.25) is 0 Å². The largest absolute Gasteiger partial charge is 0.269 e. The molecule has 0 aliphatic rings. The molecule has 2 aromatic heterocycles. The Morgan fingerprint density at radius 2 is 1.70 bits per heavy atom. The summed E-state index contributed by atoms with van der Waals surface area (Å²) in [5.74, 6) is 0. The molecule has 0 N–H and O–H groups in total. The first-order chi connectivity index (χ1) is 11.2. The topological polar surface area (TPSA) is 68.9 Å². The van der Waals surface area contributed by atoms with Gasteiger partial charge in [-0.3, -0.25) is 20.1 Å². The summed E-state index contributed by atoms with van der Waals surface area (Å²) in [5.41, 5.74) is 4.42. The summed E-state index contributed by atoms with van der Waals surface area (Å²) < 4.78 is 0. The number of halogens is 1. The molecule has 0 unspecified atom stereocenters. The number of rotatable bonds is 4. The van der Waals surface area contributed by atoms with E-state index >= 15 is 0 Å². The second-order valence-electron chi connectivity index (χ2n) is 4.88. The van der Waals surface area contributed by atoms with Crippen LogP contribution in [0.4, 0.5) is 5.69 Å². The third kappa shape index (κ3) is 3.43. The number of hydrogen-bond acceptors (Lipinski definition) is 4. The molecule has 2 heterocycles. The highest BCUT2D eigenvalue weighted by Crippen LogP contribution is 2.24. The van der Waals surface area contributed by atoms with Gasteiger partial charge in [-0.1, -0.05) is 28.1 Å². The lowest BCUT2D eigenvalue weighted by Gasteiger charge is -2.05. The van der Waals surface area contributed by atoms with Crippen molar-refractivity contribution in [1.82, 2.24) is 9.97 Å². The molecule has 0 saturated carbocycles. The number of nitro groups is 1. The van der Waals surface area contributed by atoms with Crippen LogP contribution in [0.3, 0.4) is 0 Å². The molecule has 0 atom stereocenters. The van der Waals surface area contributed by atoms with Gasteiger partial charge in [0, 0.05) is 29.2 Å². The van der Waals surface area contributed by atoms with Crippen LogP contribution < -0.4 is 0 Å². The Bertz CT molecular complexity index is 833. The van der Waals surface area contributed by atoms with E-state index in [1.54, 1.807) is 18.3 Å². The molecule has 114 valence electrons. The maximum Gasteiger partial charge on any atom is 0.269 e. The molecule has 0 fully saturated rings. The molecule has 0 aliphatic carbocycles. The minimum absolute atomic E-state index is 0.0779. The van der Waals surface area contributed by atoms with Gasteiger partial charge in [-0.25, -0.2) is 0 Å². The van der Waals surface area contributed by atoms with Gasteiger partial charge in [0.2, 0.25) is 0 Å². The molecule has 0 amide bonds. The lowest BCUT2D eigenvalue weighted by molar-refractivity contribution is -0.384. The van der Waals surface area contributed by atoms with Crippen LogP contribution in [0.25, 0.3) is 22.5 Å². The third-order valence-electron chi connectivity index (χ3n) is 3.38. The molecule has 5 nitrogen and oxygen atoms in total. The van der Waals surface area contributed by atoms with E-state index in [1.165, 1.54) is 12.1 Å². The van der Waals surface area contributed by atoms with Crippen molar-refractivity contribution in [3.05, 3.63) is 76.6 Å². The van der Waals surface area contributed by atoms with Crippen molar-refractivity contribution in [1.29, 1.82) is 0 Å². The minimum atomic E-state index is -0.409. The molecule has 0 saturated heterocycles. The summed E-state index contributed by atoms with van der Waals surface area (Å²) in [6.07, 6.45) is 1.75. The highest BCUT2D eigenvalue weighted by atomic mass is 79.9. The van der Waals surface area contributed by atoms with Gasteiger partial charge in [0.25, 0.3) is 5.69 Å². The molecular formula is C17H12BrN3O2.